The first-order valence-electron chi connectivity index (χ1n) is 5.55. The summed E-state index contributed by atoms with van der Waals surface area (Å²) in [5.41, 5.74) is -0.645. The van der Waals surface area contributed by atoms with Crippen LogP contribution in [0.4, 0.5) is 13.2 Å². The molecule has 2 nitrogen and oxygen atoms in total. The first-order valence-corrected chi connectivity index (χ1v) is 6.63. The van der Waals surface area contributed by atoms with Gasteiger partial charge in [0.25, 0.3) is 5.91 Å². The highest BCUT2D eigenvalue weighted by atomic mass is 127. The van der Waals surface area contributed by atoms with Gasteiger partial charge in [0, 0.05) is 22.2 Å². The number of benzene rings is 1. The number of carbonyl (C=O) groups is 1. The molecule has 1 amide bonds. The van der Waals surface area contributed by atoms with Crippen LogP contribution in [0.25, 0.3) is 0 Å². The molecule has 98 valence electrons. The fourth-order valence-corrected chi connectivity index (χ4v) is 2.65. The Labute approximate surface area is 116 Å². The lowest BCUT2D eigenvalue weighted by Gasteiger charge is -2.16. The minimum absolute atomic E-state index is 0.121. The van der Waals surface area contributed by atoms with E-state index in [1.54, 1.807) is 27.5 Å². The summed E-state index contributed by atoms with van der Waals surface area (Å²) >= 11 is 1.80. The quantitative estimate of drug-likeness (QED) is 0.694. The van der Waals surface area contributed by atoms with E-state index in [2.05, 4.69) is 0 Å². The minimum atomic E-state index is -4.42. The summed E-state index contributed by atoms with van der Waals surface area (Å²) in [6, 6.07) is 3.47. The van der Waals surface area contributed by atoms with Gasteiger partial charge in [0.2, 0.25) is 0 Å². The first-order chi connectivity index (χ1) is 8.38. The van der Waals surface area contributed by atoms with E-state index in [0.29, 0.717) is 16.7 Å². The lowest BCUT2D eigenvalue weighted by atomic mass is 10.1. The predicted molar refractivity (Wildman–Crippen MR) is 69.3 cm³/mol. The van der Waals surface area contributed by atoms with Gasteiger partial charge in [0.15, 0.2) is 0 Å². The van der Waals surface area contributed by atoms with Crippen LogP contribution in [0.1, 0.15) is 28.8 Å². The number of likely N-dealkylation sites (tertiary alicyclic amines) is 1. The van der Waals surface area contributed by atoms with Crippen LogP contribution in [-0.4, -0.2) is 23.9 Å². The third-order valence-corrected chi connectivity index (χ3v) is 3.49. The van der Waals surface area contributed by atoms with Crippen LogP contribution in [0.2, 0.25) is 0 Å². The molecule has 1 aliphatic rings. The molecule has 0 aliphatic carbocycles. The summed E-state index contributed by atoms with van der Waals surface area (Å²) in [5.74, 6) is -0.309. The van der Waals surface area contributed by atoms with Gasteiger partial charge in [-0.15, -0.1) is 0 Å². The molecule has 0 unspecified atom stereocenters. The van der Waals surface area contributed by atoms with Crippen LogP contribution in [0.3, 0.4) is 0 Å². The molecule has 0 aromatic heterocycles. The molecule has 1 heterocycles. The Hall–Kier alpha value is -0.790. The van der Waals surface area contributed by atoms with Crippen molar-refractivity contribution in [2.75, 3.05) is 13.1 Å². The number of nitrogens with zero attached hydrogens (tertiary/aromatic N) is 1. The fourth-order valence-electron chi connectivity index (χ4n) is 1.98. The van der Waals surface area contributed by atoms with Crippen LogP contribution >= 0.6 is 22.6 Å². The third-order valence-electron chi connectivity index (χ3n) is 2.87. The van der Waals surface area contributed by atoms with E-state index >= 15 is 0 Å². The predicted octanol–water partition coefficient (Wildman–Crippen LogP) is 3.55. The molecule has 0 bridgehead atoms. The van der Waals surface area contributed by atoms with Crippen LogP contribution < -0.4 is 0 Å². The Balaban J connectivity index is 2.33. The smallest absolute Gasteiger partial charge is 0.339 e. The van der Waals surface area contributed by atoms with E-state index in [9.17, 15) is 18.0 Å². The highest BCUT2D eigenvalue weighted by Crippen LogP contribution is 2.31. The second kappa shape index (κ2) is 5.07. The third kappa shape index (κ3) is 2.96. The number of halogens is 4. The normalized spacial score (nSPS) is 16.1. The van der Waals surface area contributed by atoms with Crippen molar-refractivity contribution < 1.29 is 18.0 Å². The first kappa shape index (κ1) is 13.6. The van der Waals surface area contributed by atoms with Crippen LogP contribution in [-0.2, 0) is 6.18 Å². The maximum Gasteiger partial charge on any atom is 0.416 e. The molecule has 1 saturated heterocycles. The molecule has 1 aromatic rings. The number of hydrogen-bond donors (Lipinski definition) is 0. The van der Waals surface area contributed by atoms with Gasteiger partial charge in [0.05, 0.1) is 5.56 Å². The summed E-state index contributed by atoms with van der Waals surface area (Å²) < 4.78 is 38.4. The van der Waals surface area contributed by atoms with Crippen molar-refractivity contribution in [3.63, 3.8) is 0 Å². The summed E-state index contributed by atoms with van der Waals surface area (Å²) in [7, 11) is 0. The van der Waals surface area contributed by atoms with E-state index in [1.807, 2.05) is 0 Å². The monoisotopic (exact) mass is 369 g/mol. The second-order valence-corrected chi connectivity index (χ2v) is 5.47. The van der Waals surface area contributed by atoms with Crippen molar-refractivity contribution in [3.05, 3.63) is 32.9 Å². The Kier molecular flexibility index (Phi) is 3.84. The van der Waals surface area contributed by atoms with E-state index in [1.165, 1.54) is 6.07 Å². The highest BCUT2D eigenvalue weighted by Gasteiger charge is 2.32. The molecule has 18 heavy (non-hydrogen) atoms. The van der Waals surface area contributed by atoms with Gasteiger partial charge >= 0.3 is 6.18 Å². The zero-order chi connectivity index (χ0) is 13.3. The van der Waals surface area contributed by atoms with Crippen molar-refractivity contribution in [1.82, 2.24) is 4.90 Å². The summed E-state index contributed by atoms with van der Waals surface area (Å²) in [5, 5.41) is 0. The number of hydrogen-bond acceptors (Lipinski definition) is 1. The standard InChI is InChI=1S/C12H11F3INO/c13-12(14,15)9-5-8(6-10(16)7-9)11(18)17-3-1-2-4-17/h5-7H,1-4H2. The molecular weight excluding hydrogens is 358 g/mol. The molecule has 6 heteroatoms. The summed E-state index contributed by atoms with van der Waals surface area (Å²) in [4.78, 5) is 13.6. The largest absolute Gasteiger partial charge is 0.416 e. The van der Waals surface area contributed by atoms with Gasteiger partial charge in [-0.1, -0.05) is 0 Å². The maximum atomic E-state index is 12.7. The molecule has 0 spiro atoms. The van der Waals surface area contributed by atoms with Gasteiger partial charge in [-0.05, 0) is 53.6 Å². The van der Waals surface area contributed by atoms with Crippen molar-refractivity contribution in [2.24, 2.45) is 0 Å². The fraction of sp³-hybridized carbons (Fsp3) is 0.417. The van der Waals surface area contributed by atoms with E-state index in [-0.39, 0.29) is 11.5 Å². The number of rotatable bonds is 1. The molecule has 1 fully saturated rings. The number of alkyl halides is 3. The van der Waals surface area contributed by atoms with Crippen molar-refractivity contribution in [3.8, 4) is 0 Å². The SMILES string of the molecule is O=C(c1cc(I)cc(C(F)(F)F)c1)N1CCCC1. The second-order valence-electron chi connectivity index (χ2n) is 4.23. The molecular formula is C12H11F3INO. The molecule has 0 N–H and O–H groups in total. The zero-order valence-electron chi connectivity index (χ0n) is 9.43. The Morgan fingerprint density at radius 2 is 1.78 bits per heavy atom. The topological polar surface area (TPSA) is 20.3 Å². The molecule has 1 aromatic carbocycles. The van der Waals surface area contributed by atoms with Gasteiger partial charge < -0.3 is 4.90 Å². The summed E-state index contributed by atoms with van der Waals surface area (Å²) in [6.45, 7) is 1.26. The van der Waals surface area contributed by atoms with Gasteiger partial charge in [0.1, 0.15) is 0 Å². The van der Waals surface area contributed by atoms with Crippen LogP contribution in [0.5, 0.6) is 0 Å². The van der Waals surface area contributed by atoms with Crippen molar-refractivity contribution in [2.45, 2.75) is 19.0 Å². The van der Waals surface area contributed by atoms with E-state index < -0.39 is 11.7 Å². The minimum Gasteiger partial charge on any atom is -0.339 e. The van der Waals surface area contributed by atoms with Crippen LogP contribution in [0.15, 0.2) is 18.2 Å². The number of carbonyl (C=O) groups excluding carboxylic acids is 1. The number of amides is 1. The Morgan fingerprint density at radius 1 is 1.17 bits per heavy atom. The lowest BCUT2D eigenvalue weighted by molar-refractivity contribution is -0.137. The van der Waals surface area contributed by atoms with E-state index in [0.717, 1.165) is 25.0 Å². The Morgan fingerprint density at radius 3 is 2.33 bits per heavy atom. The molecule has 0 radical (unpaired) electrons. The zero-order valence-corrected chi connectivity index (χ0v) is 11.6. The Bertz CT molecular complexity index is 467. The molecule has 0 saturated carbocycles. The van der Waals surface area contributed by atoms with Gasteiger partial charge in [-0.25, -0.2) is 0 Å². The molecule has 2 rings (SSSR count). The lowest BCUT2D eigenvalue weighted by Crippen LogP contribution is -2.28. The van der Waals surface area contributed by atoms with Crippen molar-refractivity contribution in [1.29, 1.82) is 0 Å². The van der Waals surface area contributed by atoms with Gasteiger partial charge in [-0.3, -0.25) is 4.79 Å². The molecule has 0 atom stereocenters. The highest BCUT2D eigenvalue weighted by molar-refractivity contribution is 14.1. The van der Waals surface area contributed by atoms with Gasteiger partial charge in [-0.2, -0.15) is 13.2 Å². The maximum absolute atomic E-state index is 12.7. The average molecular weight is 369 g/mol. The summed E-state index contributed by atoms with van der Waals surface area (Å²) in [6.07, 6.45) is -2.58. The van der Waals surface area contributed by atoms with Crippen molar-refractivity contribution >= 4 is 28.5 Å². The van der Waals surface area contributed by atoms with Crippen LogP contribution in [0, 0.1) is 3.57 Å². The average Bonchev–Trinajstić information content (AvgIpc) is 2.79. The van der Waals surface area contributed by atoms with E-state index in [4.69, 9.17) is 0 Å². The molecule has 1 aliphatic heterocycles.